The number of non-ortho nitro benzene ring substituents is 1. The molecule has 1 rings (SSSR count). The third-order valence-corrected chi connectivity index (χ3v) is 1.92. The number of nitro groups is 1. The SMILES string of the molecule is C=C(CNC)COc1ccc([N+](=O)[O-])cc1. The highest BCUT2D eigenvalue weighted by Crippen LogP contribution is 2.17. The fourth-order valence-electron chi connectivity index (χ4n) is 1.15. The van der Waals surface area contributed by atoms with Crippen LogP contribution in [0.15, 0.2) is 36.4 Å². The first kappa shape index (κ1) is 12.2. The number of likely N-dealkylation sites (N-methyl/N-ethyl adjacent to an activating group) is 1. The zero-order chi connectivity index (χ0) is 12.0. The van der Waals surface area contributed by atoms with Gasteiger partial charge in [0.05, 0.1) is 4.92 Å². The van der Waals surface area contributed by atoms with Crippen molar-refractivity contribution >= 4 is 5.69 Å². The van der Waals surface area contributed by atoms with E-state index in [0.29, 0.717) is 18.9 Å². The van der Waals surface area contributed by atoms with Crippen LogP contribution in [0.3, 0.4) is 0 Å². The van der Waals surface area contributed by atoms with Crippen LogP contribution in [0.25, 0.3) is 0 Å². The summed E-state index contributed by atoms with van der Waals surface area (Å²) >= 11 is 0. The van der Waals surface area contributed by atoms with Gasteiger partial charge in [-0.05, 0) is 24.8 Å². The number of hydrogen-bond acceptors (Lipinski definition) is 4. The Balaban J connectivity index is 2.49. The van der Waals surface area contributed by atoms with Gasteiger partial charge in [-0.3, -0.25) is 10.1 Å². The van der Waals surface area contributed by atoms with Gasteiger partial charge < -0.3 is 10.1 Å². The monoisotopic (exact) mass is 222 g/mol. The third kappa shape index (κ3) is 3.70. The van der Waals surface area contributed by atoms with Crippen LogP contribution in [-0.2, 0) is 0 Å². The van der Waals surface area contributed by atoms with Crippen molar-refractivity contribution < 1.29 is 9.66 Å². The smallest absolute Gasteiger partial charge is 0.269 e. The van der Waals surface area contributed by atoms with E-state index >= 15 is 0 Å². The van der Waals surface area contributed by atoms with Crippen LogP contribution in [0.5, 0.6) is 5.75 Å². The van der Waals surface area contributed by atoms with Crippen molar-refractivity contribution in [2.45, 2.75) is 0 Å². The van der Waals surface area contributed by atoms with Gasteiger partial charge in [-0.2, -0.15) is 0 Å². The zero-order valence-corrected chi connectivity index (χ0v) is 9.10. The molecule has 0 saturated heterocycles. The Morgan fingerprint density at radius 3 is 2.62 bits per heavy atom. The number of nitrogens with one attached hydrogen (secondary N) is 1. The summed E-state index contributed by atoms with van der Waals surface area (Å²) in [5.74, 6) is 0.600. The molecule has 0 aromatic heterocycles. The van der Waals surface area contributed by atoms with E-state index in [1.54, 1.807) is 12.1 Å². The lowest BCUT2D eigenvalue weighted by Crippen LogP contribution is -2.14. The van der Waals surface area contributed by atoms with Gasteiger partial charge in [-0.25, -0.2) is 0 Å². The molecule has 5 heteroatoms. The van der Waals surface area contributed by atoms with Crippen LogP contribution in [0, 0.1) is 10.1 Å². The van der Waals surface area contributed by atoms with Crippen LogP contribution in [0.2, 0.25) is 0 Å². The molecule has 0 bridgehead atoms. The number of rotatable bonds is 6. The molecule has 16 heavy (non-hydrogen) atoms. The normalized spacial score (nSPS) is 9.81. The first-order valence-corrected chi connectivity index (χ1v) is 4.82. The minimum atomic E-state index is -0.441. The first-order chi connectivity index (χ1) is 7.63. The van der Waals surface area contributed by atoms with Gasteiger partial charge >= 0.3 is 0 Å². The van der Waals surface area contributed by atoms with Crippen LogP contribution in [-0.4, -0.2) is 25.1 Å². The highest BCUT2D eigenvalue weighted by molar-refractivity contribution is 5.36. The zero-order valence-electron chi connectivity index (χ0n) is 9.10. The predicted octanol–water partition coefficient (Wildman–Crippen LogP) is 1.75. The number of benzene rings is 1. The second-order valence-electron chi connectivity index (χ2n) is 3.32. The fourth-order valence-corrected chi connectivity index (χ4v) is 1.15. The minimum absolute atomic E-state index is 0.0569. The number of hydrogen-bond donors (Lipinski definition) is 1. The number of nitrogens with zero attached hydrogens (tertiary/aromatic N) is 1. The van der Waals surface area contributed by atoms with Crippen LogP contribution in [0.4, 0.5) is 5.69 Å². The molecule has 5 nitrogen and oxygen atoms in total. The molecule has 1 aromatic rings. The van der Waals surface area contributed by atoms with E-state index in [0.717, 1.165) is 5.57 Å². The Morgan fingerprint density at radius 2 is 2.12 bits per heavy atom. The van der Waals surface area contributed by atoms with E-state index in [4.69, 9.17) is 4.74 Å². The number of ether oxygens (including phenoxy) is 1. The van der Waals surface area contributed by atoms with Gasteiger partial charge in [0.1, 0.15) is 12.4 Å². The van der Waals surface area contributed by atoms with Crippen LogP contribution < -0.4 is 10.1 Å². The second-order valence-corrected chi connectivity index (χ2v) is 3.32. The van der Waals surface area contributed by atoms with Gasteiger partial charge in [0.25, 0.3) is 5.69 Å². The van der Waals surface area contributed by atoms with Gasteiger partial charge in [-0.1, -0.05) is 6.58 Å². The molecule has 0 radical (unpaired) electrons. The molecule has 0 unspecified atom stereocenters. The average Bonchev–Trinajstić information content (AvgIpc) is 2.27. The molecule has 0 aliphatic heterocycles. The molecule has 86 valence electrons. The highest BCUT2D eigenvalue weighted by atomic mass is 16.6. The lowest BCUT2D eigenvalue weighted by Gasteiger charge is -2.07. The average molecular weight is 222 g/mol. The summed E-state index contributed by atoms with van der Waals surface area (Å²) in [5, 5.41) is 13.4. The quantitative estimate of drug-likeness (QED) is 0.452. The number of nitro benzene ring substituents is 1. The predicted molar refractivity (Wildman–Crippen MR) is 61.7 cm³/mol. The van der Waals surface area contributed by atoms with Gasteiger partial charge in [0.2, 0.25) is 0 Å². The molecule has 0 aliphatic carbocycles. The molecular weight excluding hydrogens is 208 g/mol. The van der Waals surface area contributed by atoms with E-state index in [1.807, 2.05) is 7.05 Å². The summed E-state index contributed by atoms with van der Waals surface area (Å²) in [6.07, 6.45) is 0. The maximum Gasteiger partial charge on any atom is 0.269 e. The van der Waals surface area contributed by atoms with Gasteiger partial charge in [0, 0.05) is 18.7 Å². The standard InChI is InChI=1S/C11H14N2O3/c1-9(7-12-2)8-16-11-5-3-10(4-6-11)13(14)15/h3-6,12H,1,7-8H2,2H3. The van der Waals surface area contributed by atoms with Crippen LogP contribution in [0.1, 0.15) is 0 Å². The summed E-state index contributed by atoms with van der Waals surface area (Å²) in [5.41, 5.74) is 0.974. The molecule has 0 saturated carbocycles. The Hall–Kier alpha value is -1.88. The van der Waals surface area contributed by atoms with Crippen molar-refractivity contribution in [2.75, 3.05) is 20.2 Å². The Labute approximate surface area is 93.9 Å². The summed E-state index contributed by atoms with van der Waals surface area (Å²) < 4.78 is 5.39. The maximum atomic E-state index is 10.4. The summed E-state index contributed by atoms with van der Waals surface area (Å²) in [7, 11) is 1.83. The summed E-state index contributed by atoms with van der Waals surface area (Å²) in [6, 6.07) is 5.97. The van der Waals surface area contributed by atoms with Crippen molar-refractivity contribution in [3.63, 3.8) is 0 Å². The van der Waals surface area contributed by atoms with Gasteiger partial charge in [-0.15, -0.1) is 0 Å². The van der Waals surface area contributed by atoms with E-state index in [9.17, 15) is 10.1 Å². The van der Waals surface area contributed by atoms with Crippen LogP contribution >= 0.6 is 0 Å². The lowest BCUT2D eigenvalue weighted by molar-refractivity contribution is -0.384. The molecule has 1 aromatic carbocycles. The fraction of sp³-hybridized carbons (Fsp3) is 0.273. The molecule has 0 amide bonds. The molecular formula is C11H14N2O3. The third-order valence-electron chi connectivity index (χ3n) is 1.92. The maximum absolute atomic E-state index is 10.4. The van der Waals surface area contributed by atoms with E-state index in [1.165, 1.54) is 12.1 Å². The van der Waals surface area contributed by atoms with Crippen molar-refractivity contribution in [1.29, 1.82) is 0 Å². The first-order valence-electron chi connectivity index (χ1n) is 4.82. The van der Waals surface area contributed by atoms with E-state index < -0.39 is 4.92 Å². The molecule has 0 heterocycles. The lowest BCUT2D eigenvalue weighted by atomic mass is 10.3. The topological polar surface area (TPSA) is 64.4 Å². The van der Waals surface area contributed by atoms with Gasteiger partial charge in [0.15, 0.2) is 0 Å². The second kappa shape index (κ2) is 5.87. The Bertz CT molecular complexity index is 373. The molecule has 1 N–H and O–H groups in total. The molecule has 0 spiro atoms. The Kier molecular flexibility index (Phi) is 4.47. The van der Waals surface area contributed by atoms with E-state index in [2.05, 4.69) is 11.9 Å². The van der Waals surface area contributed by atoms with E-state index in [-0.39, 0.29) is 5.69 Å². The molecule has 0 atom stereocenters. The largest absolute Gasteiger partial charge is 0.489 e. The molecule has 0 fully saturated rings. The molecule has 0 aliphatic rings. The van der Waals surface area contributed by atoms with Crippen molar-refractivity contribution in [1.82, 2.24) is 5.32 Å². The Morgan fingerprint density at radius 1 is 1.50 bits per heavy atom. The van der Waals surface area contributed by atoms with Crippen molar-refractivity contribution in [3.05, 3.63) is 46.5 Å². The van der Waals surface area contributed by atoms with Crippen molar-refractivity contribution in [2.24, 2.45) is 0 Å². The summed E-state index contributed by atoms with van der Waals surface area (Å²) in [6.45, 7) is 4.90. The minimum Gasteiger partial charge on any atom is -0.489 e. The highest BCUT2D eigenvalue weighted by Gasteiger charge is 2.04. The van der Waals surface area contributed by atoms with Crippen molar-refractivity contribution in [3.8, 4) is 5.75 Å². The summed E-state index contributed by atoms with van der Waals surface area (Å²) in [4.78, 5) is 9.97.